The van der Waals surface area contributed by atoms with Crippen LogP contribution in [0.15, 0.2) is 17.3 Å². The lowest BCUT2D eigenvalue weighted by atomic mass is 9.85. The molecule has 21 heavy (non-hydrogen) atoms. The van der Waals surface area contributed by atoms with Gasteiger partial charge in [0.15, 0.2) is 0 Å². The molecule has 0 bridgehead atoms. The van der Waals surface area contributed by atoms with Crippen LogP contribution >= 0.6 is 0 Å². The first-order valence-corrected chi connectivity index (χ1v) is 9.17. The van der Waals surface area contributed by atoms with Crippen LogP contribution in [0.5, 0.6) is 0 Å². The van der Waals surface area contributed by atoms with E-state index in [1.165, 1.54) is 31.7 Å². The highest BCUT2D eigenvalue weighted by atomic mass is 32.2. The van der Waals surface area contributed by atoms with Crippen molar-refractivity contribution in [3.8, 4) is 0 Å². The molecule has 0 saturated heterocycles. The molecule has 1 fully saturated rings. The lowest BCUT2D eigenvalue weighted by molar-refractivity contribution is 0.277. The lowest BCUT2D eigenvalue weighted by Gasteiger charge is -2.27. The molecule has 0 aliphatic heterocycles. The fourth-order valence-electron chi connectivity index (χ4n) is 2.88. The molecule has 1 aromatic rings. The summed E-state index contributed by atoms with van der Waals surface area (Å²) in [4.78, 5) is 0.197. The molecule has 1 heterocycles. The van der Waals surface area contributed by atoms with Gasteiger partial charge in [0.2, 0.25) is 10.0 Å². The molecule has 0 amide bonds. The van der Waals surface area contributed by atoms with Crippen LogP contribution in [0.2, 0.25) is 0 Å². The zero-order valence-electron chi connectivity index (χ0n) is 12.5. The normalized spacial score (nSPS) is 18.8. The maximum absolute atomic E-state index is 12.4. The third-order valence-corrected chi connectivity index (χ3v) is 5.68. The van der Waals surface area contributed by atoms with Crippen molar-refractivity contribution in [3.63, 3.8) is 0 Å². The smallest absolute Gasteiger partial charge is 0.243 e. The van der Waals surface area contributed by atoms with E-state index in [1.54, 1.807) is 4.68 Å². The lowest BCUT2D eigenvalue weighted by Crippen LogP contribution is -2.38. The Labute approximate surface area is 126 Å². The molecular weight excluding hydrogens is 290 g/mol. The first kappa shape index (κ1) is 16.5. The summed E-state index contributed by atoms with van der Waals surface area (Å²) in [5.74, 6) is 0.429. The predicted octanol–water partition coefficient (Wildman–Crippen LogP) is 1.51. The van der Waals surface area contributed by atoms with Crippen molar-refractivity contribution >= 4 is 10.0 Å². The van der Waals surface area contributed by atoms with Crippen LogP contribution in [0, 0.1) is 5.92 Å². The van der Waals surface area contributed by atoms with Crippen molar-refractivity contribution in [2.75, 3.05) is 6.61 Å². The molecule has 6 nitrogen and oxygen atoms in total. The van der Waals surface area contributed by atoms with Crippen LogP contribution in [0.3, 0.4) is 0 Å². The average Bonchev–Trinajstić information content (AvgIpc) is 2.95. The first-order valence-electron chi connectivity index (χ1n) is 7.68. The minimum Gasteiger partial charge on any atom is -0.396 e. The van der Waals surface area contributed by atoms with E-state index in [0.717, 1.165) is 12.8 Å². The summed E-state index contributed by atoms with van der Waals surface area (Å²) in [6.45, 7) is 2.53. The zero-order chi connectivity index (χ0) is 15.3. The fourth-order valence-corrected chi connectivity index (χ4v) is 4.15. The second kappa shape index (κ2) is 7.38. The van der Waals surface area contributed by atoms with Crippen molar-refractivity contribution in [2.45, 2.75) is 62.9 Å². The van der Waals surface area contributed by atoms with Gasteiger partial charge in [-0.15, -0.1) is 0 Å². The number of rotatable bonds is 7. The van der Waals surface area contributed by atoms with Crippen molar-refractivity contribution < 1.29 is 13.5 Å². The Hall–Kier alpha value is -0.920. The summed E-state index contributed by atoms with van der Waals surface area (Å²) < 4.78 is 29.0. The molecule has 2 N–H and O–H groups in total. The molecule has 1 saturated carbocycles. The summed E-state index contributed by atoms with van der Waals surface area (Å²) in [5.41, 5.74) is 0. The molecule has 1 atom stereocenters. The predicted molar refractivity (Wildman–Crippen MR) is 80.3 cm³/mol. The van der Waals surface area contributed by atoms with E-state index in [4.69, 9.17) is 5.11 Å². The molecule has 1 aliphatic carbocycles. The van der Waals surface area contributed by atoms with Crippen molar-refractivity contribution in [3.05, 3.63) is 12.4 Å². The number of nitrogens with one attached hydrogen (secondary N) is 1. The Morgan fingerprint density at radius 1 is 1.43 bits per heavy atom. The average molecular weight is 315 g/mol. The zero-order valence-corrected chi connectivity index (χ0v) is 13.3. The number of nitrogens with zero attached hydrogens (tertiary/aromatic N) is 2. The van der Waals surface area contributed by atoms with E-state index in [1.807, 2.05) is 6.92 Å². The molecular formula is C14H25N3O3S. The van der Waals surface area contributed by atoms with E-state index in [0.29, 0.717) is 18.9 Å². The number of aromatic nitrogens is 2. The number of sulfonamides is 1. The second-order valence-corrected chi connectivity index (χ2v) is 7.54. The highest BCUT2D eigenvalue weighted by Gasteiger charge is 2.25. The Morgan fingerprint density at radius 2 is 2.14 bits per heavy atom. The standard InChI is InChI=1S/C14H25N3O3S/c1-12(13-6-3-2-4-7-13)16-21(19,20)14-10-15-17(11-14)8-5-9-18/h10-13,16,18H,2-9H2,1H3. The summed E-state index contributed by atoms with van der Waals surface area (Å²) in [6.07, 6.45) is 9.28. The Morgan fingerprint density at radius 3 is 2.81 bits per heavy atom. The van der Waals surface area contributed by atoms with Gasteiger partial charge in [-0.1, -0.05) is 19.3 Å². The molecule has 0 aromatic carbocycles. The summed E-state index contributed by atoms with van der Waals surface area (Å²) in [6, 6.07) is -0.0453. The van der Waals surface area contributed by atoms with Gasteiger partial charge in [-0.2, -0.15) is 5.10 Å². The largest absolute Gasteiger partial charge is 0.396 e. The van der Waals surface area contributed by atoms with Gasteiger partial charge in [-0.05, 0) is 32.1 Å². The number of aliphatic hydroxyl groups is 1. The van der Waals surface area contributed by atoms with Gasteiger partial charge in [0.25, 0.3) is 0 Å². The van der Waals surface area contributed by atoms with Gasteiger partial charge < -0.3 is 5.11 Å². The van der Waals surface area contributed by atoms with E-state index in [9.17, 15) is 8.42 Å². The minimum absolute atomic E-state index is 0.0453. The Kier molecular flexibility index (Phi) is 5.78. The highest BCUT2D eigenvalue weighted by molar-refractivity contribution is 7.89. The minimum atomic E-state index is -3.51. The van der Waals surface area contributed by atoms with Gasteiger partial charge >= 0.3 is 0 Å². The molecule has 1 unspecified atom stereocenters. The van der Waals surface area contributed by atoms with Crippen LogP contribution in [-0.4, -0.2) is 36.0 Å². The van der Waals surface area contributed by atoms with Crippen LogP contribution in [0.25, 0.3) is 0 Å². The summed E-state index contributed by atoms with van der Waals surface area (Å²) in [7, 11) is -3.51. The third-order valence-electron chi connectivity index (χ3n) is 4.16. The molecule has 1 aromatic heterocycles. The molecule has 1 aliphatic rings. The first-order chi connectivity index (χ1) is 10.0. The van der Waals surface area contributed by atoms with Crippen molar-refractivity contribution in [1.29, 1.82) is 0 Å². The topological polar surface area (TPSA) is 84.2 Å². The molecule has 120 valence electrons. The highest BCUT2D eigenvalue weighted by Crippen LogP contribution is 2.27. The Balaban J connectivity index is 1.98. The summed E-state index contributed by atoms with van der Waals surface area (Å²) >= 11 is 0. The SMILES string of the molecule is CC(NS(=O)(=O)c1cnn(CCCO)c1)C1CCCCC1. The van der Waals surface area contributed by atoms with E-state index < -0.39 is 10.0 Å². The van der Waals surface area contributed by atoms with Crippen molar-refractivity contribution in [2.24, 2.45) is 5.92 Å². The second-order valence-electron chi connectivity index (χ2n) is 5.82. The number of aliphatic hydroxyl groups excluding tert-OH is 1. The molecule has 0 radical (unpaired) electrons. The number of aryl methyl sites for hydroxylation is 1. The van der Waals surface area contributed by atoms with Gasteiger partial charge in [-0.3, -0.25) is 4.68 Å². The van der Waals surface area contributed by atoms with Gasteiger partial charge in [0.1, 0.15) is 4.90 Å². The van der Waals surface area contributed by atoms with Crippen LogP contribution in [0.4, 0.5) is 0 Å². The quantitative estimate of drug-likeness (QED) is 0.799. The number of hydrogen-bond donors (Lipinski definition) is 2. The molecule has 7 heteroatoms. The maximum Gasteiger partial charge on any atom is 0.243 e. The van der Waals surface area contributed by atoms with E-state index in [-0.39, 0.29) is 17.5 Å². The maximum atomic E-state index is 12.4. The van der Waals surface area contributed by atoms with Crippen LogP contribution in [0.1, 0.15) is 45.4 Å². The van der Waals surface area contributed by atoms with Crippen molar-refractivity contribution in [1.82, 2.24) is 14.5 Å². The van der Waals surface area contributed by atoms with Crippen LogP contribution < -0.4 is 4.72 Å². The Bertz CT molecular complexity index is 535. The third kappa shape index (κ3) is 4.52. The van der Waals surface area contributed by atoms with E-state index in [2.05, 4.69) is 9.82 Å². The van der Waals surface area contributed by atoms with E-state index >= 15 is 0 Å². The van der Waals surface area contributed by atoms with Crippen LogP contribution in [-0.2, 0) is 16.6 Å². The monoisotopic (exact) mass is 315 g/mol. The fraction of sp³-hybridized carbons (Fsp3) is 0.786. The summed E-state index contributed by atoms with van der Waals surface area (Å²) in [5, 5.41) is 12.8. The molecule has 2 rings (SSSR count). The number of hydrogen-bond acceptors (Lipinski definition) is 4. The molecule has 0 spiro atoms. The van der Waals surface area contributed by atoms with Gasteiger partial charge in [0, 0.05) is 25.4 Å². The van der Waals surface area contributed by atoms with Gasteiger partial charge in [0.05, 0.1) is 6.20 Å². The van der Waals surface area contributed by atoms with Gasteiger partial charge in [-0.25, -0.2) is 13.1 Å².